The second-order valence-electron chi connectivity index (χ2n) is 19.7. The number of phenols is 1. The largest absolute Gasteiger partial charge is 0.505 e. The number of carbonyl (C=O) groups excluding carboxylic acids is 1. The first-order valence-corrected chi connectivity index (χ1v) is 21.9. The van der Waals surface area contributed by atoms with Crippen molar-refractivity contribution < 1.29 is 42.8 Å². The van der Waals surface area contributed by atoms with Crippen molar-refractivity contribution in [3.63, 3.8) is 0 Å². The van der Waals surface area contributed by atoms with Gasteiger partial charge in [0.05, 0.1) is 88.7 Å². The molecule has 60 heavy (non-hydrogen) atoms. The van der Waals surface area contributed by atoms with Gasteiger partial charge < -0.3 is 48.6 Å². The first kappa shape index (κ1) is 39.5. The Morgan fingerprint density at radius 1 is 0.683 bits per heavy atom. The Kier molecular flexibility index (Phi) is 9.01. The van der Waals surface area contributed by atoms with E-state index in [0.29, 0.717) is 90.2 Å². The summed E-state index contributed by atoms with van der Waals surface area (Å²) in [5.74, 6) is -0.700. The number of allylic oxidation sites excluding steroid dienone is 1. The number of quaternary nitrogens is 4. The van der Waals surface area contributed by atoms with Gasteiger partial charge in [-0.3, -0.25) is 14.4 Å². The van der Waals surface area contributed by atoms with Crippen LogP contribution < -0.4 is 26.2 Å². The number of ketones is 1. The van der Waals surface area contributed by atoms with Gasteiger partial charge in [-0.05, 0) is 53.3 Å². The first-order chi connectivity index (χ1) is 28.7. The Bertz CT molecular complexity index is 2750. The minimum absolute atomic E-state index is 0.0968. The summed E-state index contributed by atoms with van der Waals surface area (Å²) in [7, 11) is 6.27. The molecule has 12 rings (SSSR count). The van der Waals surface area contributed by atoms with Crippen LogP contribution in [0.4, 0.5) is 11.4 Å². The Balaban J connectivity index is 1.26. The molecule has 6 aliphatic heterocycles. The molecule has 0 amide bonds. The van der Waals surface area contributed by atoms with Crippen molar-refractivity contribution in [3.05, 3.63) is 60.4 Å². The number of rotatable bonds is 12. The van der Waals surface area contributed by atoms with E-state index in [4.69, 9.17) is 4.74 Å². The highest BCUT2D eigenvalue weighted by Crippen LogP contribution is 2.57. The Hall–Kier alpha value is -4.63. The maximum atomic E-state index is 14.7. The molecule has 5 aromatic carbocycles. The number of fused-ring (bicyclic) bond motifs is 7. The minimum Gasteiger partial charge on any atom is -0.505 e. The predicted octanol–water partition coefficient (Wildman–Crippen LogP) is 3.09. The number of likely N-dealkylation sites (N-methyl/N-ethyl adjacent to an activating group) is 2. The second-order valence-corrected chi connectivity index (χ2v) is 19.7. The van der Waals surface area contributed by atoms with Gasteiger partial charge in [0.2, 0.25) is 0 Å². The van der Waals surface area contributed by atoms with Crippen LogP contribution in [0.25, 0.3) is 49.2 Å². The number of phenolic OH excluding ortho intramolecular Hbond substituents is 1. The number of ether oxygens (including phenoxy) is 1. The molecule has 0 spiro atoms. The Labute approximate surface area is 349 Å². The number of hydrogen-bond acceptors (Lipinski definition) is 9. The molecule has 4 bridgehead atoms. The summed E-state index contributed by atoms with van der Waals surface area (Å²) in [4.78, 5) is 43.2. The van der Waals surface area contributed by atoms with Crippen LogP contribution in [0, 0.1) is 0 Å². The molecule has 316 valence electrons. The molecular weight excluding hydrogens is 761 g/mol. The van der Waals surface area contributed by atoms with Crippen LogP contribution in [0.1, 0.15) is 42.0 Å². The van der Waals surface area contributed by atoms with Crippen LogP contribution in [0.15, 0.2) is 27.3 Å². The van der Waals surface area contributed by atoms with E-state index in [9.17, 15) is 29.7 Å². The van der Waals surface area contributed by atoms with Gasteiger partial charge in [0.15, 0.2) is 16.6 Å². The number of anilines is 2. The third-order valence-electron chi connectivity index (χ3n) is 16.3. The molecule has 13 heteroatoms. The van der Waals surface area contributed by atoms with Gasteiger partial charge in [0.25, 0.3) is 0 Å². The van der Waals surface area contributed by atoms with E-state index in [2.05, 4.69) is 24.7 Å². The van der Waals surface area contributed by atoms with Crippen molar-refractivity contribution in [2.75, 3.05) is 137 Å². The average molecular weight is 821 g/mol. The quantitative estimate of drug-likeness (QED) is 0.0556. The van der Waals surface area contributed by atoms with E-state index in [1.165, 1.54) is 12.1 Å². The predicted molar refractivity (Wildman–Crippen MR) is 237 cm³/mol. The molecule has 5 N–H and O–H groups in total. The number of carbonyl (C=O) groups is 1. The van der Waals surface area contributed by atoms with Crippen molar-refractivity contribution in [2.24, 2.45) is 0 Å². The van der Waals surface area contributed by atoms with Crippen LogP contribution in [0.3, 0.4) is 0 Å². The third kappa shape index (κ3) is 5.62. The summed E-state index contributed by atoms with van der Waals surface area (Å²) in [5, 5.41) is 45.4. The fourth-order valence-corrected chi connectivity index (χ4v) is 12.4. The highest BCUT2D eigenvalue weighted by molar-refractivity contribution is 6.39. The zero-order valence-electron chi connectivity index (χ0n) is 35.8. The number of piperazine rings is 6. The van der Waals surface area contributed by atoms with E-state index in [0.717, 1.165) is 115 Å². The van der Waals surface area contributed by atoms with Gasteiger partial charge in [0.1, 0.15) is 90.1 Å². The zero-order chi connectivity index (χ0) is 42.1. The average Bonchev–Trinajstić information content (AvgIpc) is 3.37. The topological polar surface area (TPSA) is 145 Å². The lowest BCUT2D eigenvalue weighted by atomic mass is 9.79. The van der Waals surface area contributed by atoms with Crippen molar-refractivity contribution in [3.8, 4) is 11.5 Å². The molecule has 0 aromatic heterocycles. The van der Waals surface area contributed by atoms with Crippen LogP contribution >= 0.6 is 0 Å². The van der Waals surface area contributed by atoms with Gasteiger partial charge in [-0.25, -0.2) is 0 Å². The fourth-order valence-electron chi connectivity index (χ4n) is 12.4. The van der Waals surface area contributed by atoms with Crippen molar-refractivity contribution >= 4 is 66.3 Å². The van der Waals surface area contributed by atoms with E-state index in [1.54, 1.807) is 14.0 Å². The lowest BCUT2D eigenvalue weighted by molar-refractivity contribution is -1.07. The zero-order valence-corrected chi connectivity index (χ0v) is 35.8. The third-order valence-corrected chi connectivity index (χ3v) is 16.3. The normalized spacial score (nSPS) is 28.3. The number of nitrogens with zero attached hydrogens (tertiary/aromatic N) is 4. The first-order valence-electron chi connectivity index (χ1n) is 21.9. The van der Waals surface area contributed by atoms with Crippen LogP contribution in [0.5, 0.6) is 11.5 Å². The molecule has 0 radical (unpaired) electrons. The molecule has 13 nitrogen and oxygen atoms in total. The van der Waals surface area contributed by atoms with E-state index in [1.807, 2.05) is 13.0 Å². The van der Waals surface area contributed by atoms with Gasteiger partial charge in [-0.1, -0.05) is 11.6 Å². The fraction of sp³-hybridized carbons (Fsp3) is 0.511. The lowest BCUT2D eigenvalue weighted by Crippen LogP contribution is -2.74. The summed E-state index contributed by atoms with van der Waals surface area (Å²) in [6, 6.07) is 2.82. The highest BCUT2D eigenvalue weighted by atomic mass is 16.5. The van der Waals surface area contributed by atoms with Gasteiger partial charge >= 0.3 is 0 Å². The number of nitrogens with one attached hydrogen (secondary N) is 2. The van der Waals surface area contributed by atoms with Crippen molar-refractivity contribution in [1.29, 1.82) is 0 Å². The molecule has 5 aromatic rings. The number of aliphatic hydroxyl groups is 2. The molecule has 1 aliphatic carbocycles. The number of methoxy groups -OCH3 is 1. The number of hydrogen-bond donors (Lipinski definition) is 5. The summed E-state index contributed by atoms with van der Waals surface area (Å²) < 4.78 is 10.7. The Morgan fingerprint density at radius 2 is 1.15 bits per heavy atom. The summed E-state index contributed by atoms with van der Waals surface area (Å²) >= 11 is 0. The van der Waals surface area contributed by atoms with Gasteiger partial charge in [-0.15, -0.1) is 0 Å². The monoisotopic (exact) mass is 820 g/mol. The number of aromatic hydroxyl groups is 1. The van der Waals surface area contributed by atoms with Gasteiger partial charge in [0, 0.05) is 27.3 Å². The molecular formula is C47H60N6O7+4. The summed E-state index contributed by atoms with van der Waals surface area (Å²) in [5.41, 5.74) is 2.78. The molecule has 7 aliphatic rings. The molecule has 1 unspecified atom stereocenters. The molecule has 6 fully saturated rings. The van der Waals surface area contributed by atoms with Crippen LogP contribution in [-0.4, -0.2) is 165 Å². The van der Waals surface area contributed by atoms with Crippen molar-refractivity contribution in [2.45, 2.75) is 33.0 Å². The van der Waals surface area contributed by atoms with Gasteiger partial charge in [-0.2, -0.15) is 0 Å². The molecule has 1 atom stereocenters. The molecule has 0 saturated carbocycles. The minimum atomic E-state index is -0.790. The lowest BCUT2D eigenvalue weighted by Gasteiger charge is -2.54. The standard InChI is InChI=1S/C47H57N6O7/c1-27-22-31-37-40-35(30(26-55)24-33(58)39(40)46(59)44(31)48-6-8-52-16-10-50(3,11-17-52)12-18-52)36-29(25-54)23-32(57)38-41(36)42(37)43(34(27)28(2)56)47(60-5)45(38)49-7-9-53-19-13-51(4,14-20-53)15-21-53/h22-24,34,54-55H,6-21,25-26H2,1-5H3/q+1/p+3. The maximum Gasteiger partial charge on any atom is 0.190 e. The SMILES string of the molecule is COc1c(NCC[N+]23CC[N+](C)(CC2)CC3)c2c(=O)cc(CO)c3c4c(CO)cc(=O)c5c(O)c(NCC[N+]67CC[N+](C)(CC6)CC7)c6c(c(c1C(C(C)=O)C(C)=C6)c23)c54. The van der Waals surface area contributed by atoms with Crippen LogP contribution in [0.2, 0.25) is 0 Å². The maximum absolute atomic E-state index is 14.7. The van der Waals surface area contributed by atoms with Crippen molar-refractivity contribution in [1.82, 2.24) is 0 Å². The number of aliphatic hydroxyl groups excluding tert-OH is 2. The van der Waals surface area contributed by atoms with E-state index < -0.39 is 24.6 Å². The van der Waals surface area contributed by atoms with E-state index in [-0.39, 0.29) is 22.3 Å². The number of Topliss-reactive ketones (excluding diaryl/α,β-unsaturated/α-hetero) is 1. The number of benzene rings is 5. The highest BCUT2D eigenvalue weighted by Gasteiger charge is 2.48. The summed E-state index contributed by atoms with van der Waals surface area (Å²) in [6.45, 7) is 18.8. The van der Waals surface area contributed by atoms with Crippen LogP contribution in [-0.2, 0) is 18.0 Å². The Morgan fingerprint density at radius 3 is 1.62 bits per heavy atom. The molecule has 6 saturated heterocycles. The van der Waals surface area contributed by atoms with E-state index >= 15 is 0 Å². The molecule has 6 heterocycles. The second kappa shape index (κ2) is 13.7. The smallest absolute Gasteiger partial charge is 0.190 e. The summed E-state index contributed by atoms with van der Waals surface area (Å²) in [6.07, 6.45) is 1.95.